The van der Waals surface area contributed by atoms with Gasteiger partial charge < -0.3 is 9.80 Å². The van der Waals surface area contributed by atoms with E-state index in [2.05, 4.69) is 4.99 Å². The summed E-state index contributed by atoms with van der Waals surface area (Å²) in [5.74, 6) is 0.736. The zero-order chi connectivity index (χ0) is 16.1. The van der Waals surface area contributed by atoms with Gasteiger partial charge in [-0.2, -0.15) is 0 Å². The molecule has 0 saturated carbocycles. The molecule has 0 atom stereocenters. The summed E-state index contributed by atoms with van der Waals surface area (Å²) >= 11 is 0. The molecule has 2 aromatic carbocycles. The van der Waals surface area contributed by atoms with Gasteiger partial charge >= 0.3 is 0 Å². The fourth-order valence-electron chi connectivity index (χ4n) is 2.01. The minimum atomic E-state index is -0.420. The molecular formula is C16H18N4O2. The smallest absolute Gasteiger partial charge is 0.269 e. The van der Waals surface area contributed by atoms with Crippen molar-refractivity contribution in [3.05, 3.63) is 64.7 Å². The van der Waals surface area contributed by atoms with Crippen molar-refractivity contribution < 1.29 is 4.92 Å². The van der Waals surface area contributed by atoms with Crippen LogP contribution in [0.25, 0.3) is 0 Å². The van der Waals surface area contributed by atoms with Crippen LogP contribution in [0, 0.1) is 10.1 Å². The van der Waals surface area contributed by atoms with E-state index in [4.69, 9.17) is 0 Å². The fraction of sp³-hybridized carbons (Fsp3) is 0.188. The van der Waals surface area contributed by atoms with Crippen molar-refractivity contribution in [2.75, 3.05) is 26.0 Å². The Hall–Kier alpha value is -2.89. The molecule has 0 fully saturated rings. The quantitative estimate of drug-likeness (QED) is 0.377. The maximum Gasteiger partial charge on any atom is 0.269 e. The number of rotatable bonds is 3. The molecular weight excluding hydrogens is 280 g/mol. The molecule has 0 N–H and O–H groups in total. The lowest BCUT2D eigenvalue weighted by Crippen LogP contribution is -2.37. The Bertz CT molecular complexity index is 666. The number of hydrogen-bond acceptors (Lipinski definition) is 3. The second-order valence-corrected chi connectivity index (χ2v) is 4.97. The minimum Gasteiger partial charge on any atom is -0.348 e. The highest BCUT2D eigenvalue weighted by Gasteiger charge is 2.11. The third kappa shape index (κ3) is 3.60. The lowest BCUT2D eigenvalue weighted by molar-refractivity contribution is -0.384. The molecule has 0 radical (unpaired) electrons. The molecule has 0 bridgehead atoms. The maximum atomic E-state index is 10.7. The molecule has 114 valence electrons. The largest absolute Gasteiger partial charge is 0.348 e. The Labute approximate surface area is 129 Å². The fourth-order valence-corrected chi connectivity index (χ4v) is 2.01. The van der Waals surface area contributed by atoms with Crippen LogP contribution in [0.5, 0.6) is 0 Å². The highest BCUT2D eigenvalue weighted by molar-refractivity contribution is 5.96. The van der Waals surface area contributed by atoms with Gasteiger partial charge in [-0.15, -0.1) is 0 Å². The molecule has 6 nitrogen and oxygen atoms in total. The van der Waals surface area contributed by atoms with E-state index in [1.807, 2.05) is 61.3 Å². The van der Waals surface area contributed by atoms with Crippen molar-refractivity contribution in [1.29, 1.82) is 0 Å². The van der Waals surface area contributed by atoms with E-state index in [0.717, 1.165) is 11.6 Å². The summed E-state index contributed by atoms with van der Waals surface area (Å²) in [5, 5.41) is 10.7. The molecule has 6 heteroatoms. The predicted octanol–water partition coefficient (Wildman–Crippen LogP) is 3.28. The standard InChI is InChI=1S/C16H18N4O2/c1-18(2)16(19(3)14-7-5-4-6-8-14)17-13-9-11-15(12-10-13)20(21)22/h4-12H,1-3H3. The molecule has 0 saturated heterocycles. The van der Waals surface area contributed by atoms with Crippen molar-refractivity contribution >= 4 is 23.0 Å². The SMILES string of the molecule is CN(C)C(=Nc1ccc([N+](=O)[O-])cc1)N(C)c1ccccc1. The van der Waals surface area contributed by atoms with E-state index in [1.165, 1.54) is 12.1 Å². The monoisotopic (exact) mass is 298 g/mol. The van der Waals surface area contributed by atoms with E-state index >= 15 is 0 Å². The van der Waals surface area contributed by atoms with Crippen LogP contribution in [-0.4, -0.2) is 36.9 Å². The van der Waals surface area contributed by atoms with Gasteiger partial charge in [-0.3, -0.25) is 10.1 Å². The molecule has 0 spiro atoms. The zero-order valence-corrected chi connectivity index (χ0v) is 12.8. The van der Waals surface area contributed by atoms with Crippen LogP contribution in [0.15, 0.2) is 59.6 Å². The minimum absolute atomic E-state index is 0.0572. The van der Waals surface area contributed by atoms with E-state index in [9.17, 15) is 10.1 Å². The van der Waals surface area contributed by atoms with Gasteiger partial charge in [0.25, 0.3) is 5.69 Å². The Kier molecular flexibility index (Phi) is 4.73. The summed E-state index contributed by atoms with van der Waals surface area (Å²) in [6, 6.07) is 16.1. The van der Waals surface area contributed by atoms with Crippen molar-refractivity contribution in [2.45, 2.75) is 0 Å². The number of nitrogens with zero attached hydrogens (tertiary/aromatic N) is 4. The number of anilines is 1. The first kappa shape index (κ1) is 15.5. The number of hydrogen-bond donors (Lipinski definition) is 0. The summed E-state index contributed by atoms with van der Waals surface area (Å²) in [7, 11) is 5.74. The average molecular weight is 298 g/mol. The van der Waals surface area contributed by atoms with Crippen molar-refractivity contribution in [3.8, 4) is 0 Å². The summed E-state index contributed by atoms with van der Waals surface area (Å²) in [6.07, 6.45) is 0. The van der Waals surface area contributed by atoms with Crippen molar-refractivity contribution in [1.82, 2.24) is 4.90 Å². The molecule has 0 aliphatic carbocycles. The van der Waals surface area contributed by atoms with Crippen LogP contribution in [0.2, 0.25) is 0 Å². The number of non-ortho nitro benzene ring substituents is 1. The zero-order valence-electron chi connectivity index (χ0n) is 12.8. The highest BCUT2D eigenvalue weighted by atomic mass is 16.6. The van der Waals surface area contributed by atoms with Gasteiger partial charge in [-0.1, -0.05) is 18.2 Å². The van der Waals surface area contributed by atoms with Crippen LogP contribution in [-0.2, 0) is 0 Å². The summed E-state index contributed by atoms with van der Waals surface area (Å²) in [5.41, 5.74) is 1.73. The molecule has 22 heavy (non-hydrogen) atoms. The topological polar surface area (TPSA) is 62.0 Å². The second-order valence-electron chi connectivity index (χ2n) is 4.97. The normalized spacial score (nSPS) is 11.1. The Balaban J connectivity index is 2.33. The molecule has 0 amide bonds. The van der Waals surface area contributed by atoms with Gasteiger partial charge in [-0.05, 0) is 24.3 Å². The number of nitro groups is 1. The van der Waals surface area contributed by atoms with Crippen LogP contribution in [0.4, 0.5) is 17.1 Å². The van der Waals surface area contributed by atoms with Gasteiger partial charge in [0.15, 0.2) is 0 Å². The molecule has 2 rings (SSSR count). The lowest BCUT2D eigenvalue weighted by atomic mass is 10.3. The van der Waals surface area contributed by atoms with Gasteiger partial charge in [0.05, 0.1) is 10.6 Å². The average Bonchev–Trinajstić information content (AvgIpc) is 2.53. The van der Waals surface area contributed by atoms with E-state index in [-0.39, 0.29) is 5.69 Å². The first-order valence-corrected chi connectivity index (χ1v) is 6.78. The third-order valence-electron chi connectivity index (χ3n) is 3.13. The number of nitro benzene ring substituents is 1. The molecule has 0 aliphatic heterocycles. The number of aliphatic imine (C=N–C) groups is 1. The first-order chi connectivity index (χ1) is 10.5. The Morgan fingerprint density at radius 3 is 2.09 bits per heavy atom. The van der Waals surface area contributed by atoms with Gasteiger partial charge in [0.2, 0.25) is 5.96 Å². The van der Waals surface area contributed by atoms with Crippen molar-refractivity contribution in [2.24, 2.45) is 4.99 Å². The van der Waals surface area contributed by atoms with Crippen LogP contribution in [0.1, 0.15) is 0 Å². The van der Waals surface area contributed by atoms with E-state index < -0.39 is 4.92 Å². The molecule has 0 heterocycles. The maximum absolute atomic E-state index is 10.7. The van der Waals surface area contributed by atoms with Gasteiger partial charge in [0.1, 0.15) is 0 Å². The van der Waals surface area contributed by atoms with E-state index in [1.54, 1.807) is 12.1 Å². The summed E-state index contributed by atoms with van der Waals surface area (Å²) in [4.78, 5) is 18.7. The summed E-state index contributed by atoms with van der Waals surface area (Å²) in [6.45, 7) is 0. The van der Waals surface area contributed by atoms with Gasteiger partial charge in [-0.25, -0.2) is 4.99 Å². The summed E-state index contributed by atoms with van der Waals surface area (Å²) < 4.78 is 0. The Morgan fingerprint density at radius 1 is 1.00 bits per heavy atom. The number of guanidine groups is 1. The number of benzene rings is 2. The molecule has 2 aromatic rings. The van der Waals surface area contributed by atoms with Gasteiger partial charge in [0, 0.05) is 39.0 Å². The second kappa shape index (κ2) is 6.71. The van der Waals surface area contributed by atoms with Crippen molar-refractivity contribution in [3.63, 3.8) is 0 Å². The first-order valence-electron chi connectivity index (χ1n) is 6.78. The molecule has 0 aromatic heterocycles. The van der Waals surface area contributed by atoms with Crippen LogP contribution < -0.4 is 4.90 Å². The molecule has 0 unspecified atom stereocenters. The highest BCUT2D eigenvalue weighted by Crippen LogP contribution is 2.20. The van der Waals surface area contributed by atoms with Crippen LogP contribution in [0.3, 0.4) is 0 Å². The number of para-hydroxylation sites is 1. The van der Waals surface area contributed by atoms with Crippen LogP contribution >= 0.6 is 0 Å². The van der Waals surface area contributed by atoms with E-state index in [0.29, 0.717) is 5.69 Å². The molecule has 0 aliphatic rings. The lowest BCUT2D eigenvalue weighted by Gasteiger charge is -2.26. The predicted molar refractivity (Wildman–Crippen MR) is 88.7 cm³/mol. The Morgan fingerprint density at radius 2 is 1.59 bits per heavy atom. The third-order valence-corrected chi connectivity index (χ3v) is 3.13.